The smallest absolute Gasteiger partial charge is 0.855 e. The molecule has 0 rings (SSSR count). The molecule has 0 N–H and O–H groups in total. The van der Waals surface area contributed by atoms with Gasteiger partial charge >= 0.3 is 21.7 Å². The molecule has 4 heavy (non-hydrogen) atoms. The maximum Gasteiger partial charge on any atom is 1.00 e. The molecule has 0 aliphatic heterocycles. The van der Waals surface area contributed by atoms with Crippen molar-refractivity contribution in [2.24, 2.45) is 0 Å². The first kappa shape index (κ1) is 8.82. The Labute approximate surface area is 40.9 Å². The molecule has 0 fully saturated rings. The van der Waals surface area contributed by atoms with Crippen molar-refractivity contribution in [2.45, 2.75) is 6.92 Å². The molecule has 0 amide bonds. The van der Waals surface area contributed by atoms with Crippen LogP contribution < -0.4 is 5.11 Å². The normalized spacial score (nSPS) is 4.50. The first-order valence-corrected chi connectivity index (χ1v) is 0.996. The van der Waals surface area contributed by atoms with E-state index < -0.39 is 0 Å². The summed E-state index contributed by atoms with van der Waals surface area (Å²) in [5, 5.41) is 8.93. The van der Waals surface area contributed by atoms with Gasteiger partial charge in [0.05, 0.1) is 0 Å². The minimum Gasteiger partial charge on any atom is -0.855 e. The third-order valence-corrected chi connectivity index (χ3v) is 0. The van der Waals surface area contributed by atoms with Crippen molar-refractivity contribution >= 4 is 0 Å². The van der Waals surface area contributed by atoms with Crippen LogP contribution in [0.3, 0.4) is 0 Å². The summed E-state index contributed by atoms with van der Waals surface area (Å²) < 4.78 is 0. The Hall–Kier alpha value is 0.674. The van der Waals surface area contributed by atoms with Gasteiger partial charge in [-0.3, -0.25) is 0 Å². The average molecular weight is 92.9 g/mol. The molecule has 23 valence electrons. The summed E-state index contributed by atoms with van der Waals surface area (Å²) in [7, 11) is 0. The van der Waals surface area contributed by atoms with Gasteiger partial charge in [-0.25, -0.2) is 0 Å². The van der Waals surface area contributed by atoms with E-state index in [2.05, 4.69) is 0 Å². The van der Waals surface area contributed by atoms with E-state index in [1.165, 1.54) is 0 Å². The van der Waals surface area contributed by atoms with Gasteiger partial charge < -0.3 is 5.11 Å². The van der Waals surface area contributed by atoms with E-state index in [4.69, 9.17) is 5.11 Å². The van der Waals surface area contributed by atoms with E-state index in [0.29, 0.717) is 0 Å². The fourth-order valence-electron chi connectivity index (χ4n) is 0. The molecule has 0 aliphatic rings. The third-order valence-electron chi connectivity index (χ3n) is 0. The molecule has 0 saturated carbocycles. The van der Waals surface area contributed by atoms with Gasteiger partial charge in [-0.1, -0.05) is 6.92 Å². The van der Waals surface area contributed by atoms with Gasteiger partial charge in [0.25, 0.3) is 0 Å². The van der Waals surface area contributed by atoms with Gasteiger partial charge in [-0.2, -0.15) is 0 Å². The second-order valence-electron chi connectivity index (χ2n) is 0.289. The largest absolute Gasteiger partial charge is 1.00 e. The number of rotatable bonds is 0. The Balaban J connectivity index is 0. The van der Waals surface area contributed by atoms with Crippen LogP contribution in [0.1, 0.15) is 6.92 Å². The summed E-state index contributed by atoms with van der Waals surface area (Å²) >= 11 is 0. The molecule has 0 aliphatic carbocycles. The van der Waals surface area contributed by atoms with E-state index in [9.17, 15) is 0 Å². The fraction of sp³-hybridized carbons (Fsp3) is 1.00. The van der Waals surface area contributed by atoms with Gasteiger partial charge in [0.15, 0.2) is 0 Å². The molecule has 0 spiro atoms. The fourth-order valence-corrected chi connectivity index (χ4v) is 0. The zero-order valence-corrected chi connectivity index (χ0v) is 4.18. The van der Waals surface area contributed by atoms with E-state index in [0.717, 1.165) is 0 Å². The zero-order chi connectivity index (χ0) is 2.71. The standard InChI is InChI=1S/C2H5O.Ti/c1-2-3;/h2H2,1H3;/q-1;+1. The summed E-state index contributed by atoms with van der Waals surface area (Å²) in [6, 6.07) is 0. The number of hydrogen-bond acceptors (Lipinski definition) is 1. The minimum atomic E-state index is 0. The van der Waals surface area contributed by atoms with Crippen molar-refractivity contribution in [1.82, 2.24) is 0 Å². The predicted molar refractivity (Wildman–Crippen MR) is 10.5 cm³/mol. The maximum atomic E-state index is 8.93. The van der Waals surface area contributed by atoms with E-state index in [-0.39, 0.29) is 28.3 Å². The molecule has 1 nitrogen and oxygen atoms in total. The first-order chi connectivity index (χ1) is 1.41. The summed E-state index contributed by atoms with van der Waals surface area (Å²) in [5.74, 6) is 0. The summed E-state index contributed by atoms with van der Waals surface area (Å²) in [4.78, 5) is 0. The second-order valence-corrected chi connectivity index (χ2v) is 0.289. The predicted octanol–water partition coefficient (Wildman–Crippen LogP) is -0.636. The second kappa shape index (κ2) is 9.37. The van der Waals surface area contributed by atoms with Crippen LogP contribution in [0.25, 0.3) is 0 Å². The van der Waals surface area contributed by atoms with Crippen molar-refractivity contribution < 1.29 is 26.8 Å². The Morgan fingerprint density at radius 2 is 1.75 bits per heavy atom. The topological polar surface area (TPSA) is 23.1 Å². The summed E-state index contributed by atoms with van der Waals surface area (Å²) in [6.45, 7) is 1.57. The number of hydrogen-bond donors (Lipinski definition) is 0. The van der Waals surface area contributed by atoms with E-state index in [1.807, 2.05) is 0 Å². The van der Waals surface area contributed by atoms with Crippen LogP contribution in [-0.4, -0.2) is 6.61 Å². The van der Waals surface area contributed by atoms with E-state index in [1.54, 1.807) is 6.92 Å². The maximum absolute atomic E-state index is 8.93. The molecule has 1 radical (unpaired) electrons. The Kier molecular flexibility index (Phi) is 20.7. The van der Waals surface area contributed by atoms with Crippen LogP contribution >= 0.6 is 0 Å². The molecule has 0 aromatic heterocycles. The van der Waals surface area contributed by atoms with Gasteiger partial charge in [0, 0.05) is 0 Å². The Bertz CT molecular complexity index is 6.00. The SMILES string of the molecule is CC[O-].[Ti+]. The van der Waals surface area contributed by atoms with Crippen LogP contribution in [0.15, 0.2) is 0 Å². The van der Waals surface area contributed by atoms with Gasteiger partial charge in [0.1, 0.15) is 0 Å². The zero-order valence-electron chi connectivity index (χ0n) is 2.62. The molecule has 0 bridgehead atoms. The molecule has 2 heteroatoms. The third kappa shape index (κ3) is 16.5. The quantitative estimate of drug-likeness (QED) is 0.365. The molecule has 0 heterocycles. The van der Waals surface area contributed by atoms with Crippen molar-refractivity contribution in [2.75, 3.05) is 6.61 Å². The Morgan fingerprint density at radius 3 is 1.75 bits per heavy atom. The Morgan fingerprint density at radius 1 is 1.75 bits per heavy atom. The van der Waals surface area contributed by atoms with Crippen LogP contribution in [0.4, 0.5) is 0 Å². The molecule has 0 saturated heterocycles. The summed E-state index contributed by atoms with van der Waals surface area (Å²) in [5.41, 5.74) is 0. The van der Waals surface area contributed by atoms with Crippen LogP contribution in [-0.2, 0) is 21.7 Å². The van der Waals surface area contributed by atoms with Gasteiger partial charge in [-0.05, 0) is 0 Å². The molecular formula is C2H5OTi. The molecular weight excluding hydrogens is 87.9 g/mol. The van der Waals surface area contributed by atoms with Gasteiger partial charge in [0.2, 0.25) is 0 Å². The minimum absolute atomic E-state index is 0. The average Bonchev–Trinajstić information content (AvgIpc) is 0.918. The monoisotopic (exact) mass is 93.0 g/mol. The van der Waals surface area contributed by atoms with Crippen molar-refractivity contribution in [1.29, 1.82) is 0 Å². The first-order valence-electron chi connectivity index (χ1n) is 0.996. The van der Waals surface area contributed by atoms with Crippen LogP contribution in [0, 0.1) is 0 Å². The molecule has 0 aromatic carbocycles. The van der Waals surface area contributed by atoms with Gasteiger partial charge in [-0.15, -0.1) is 6.61 Å². The molecule has 0 atom stereocenters. The van der Waals surface area contributed by atoms with E-state index >= 15 is 0 Å². The summed E-state index contributed by atoms with van der Waals surface area (Å²) in [6.07, 6.45) is 0. The van der Waals surface area contributed by atoms with Crippen molar-refractivity contribution in [3.05, 3.63) is 0 Å². The van der Waals surface area contributed by atoms with Crippen molar-refractivity contribution in [3.8, 4) is 0 Å². The molecule has 0 unspecified atom stereocenters. The van der Waals surface area contributed by atoms with Crippen LogP contribution in [0.5, 0.6) is 0 Å². The van der Waals surface area contributed by atoms with Crippen LogP contribution in [0.2, 0.25) is 0 Å². The van der Waals surface area contributed by atoms with Crippen molar-refractivity contribution in [3.63, 3.8) is 0 Å². The molecule has 0 aromatic rings.